The number of rotatable bonds is 4. The molecule has 2 aromatic heterocycles. The van der Waals surface area contributed by atoms with Crippen molar-refractivity contribution in [1.82, 2.24) is 15.4 Å². The minimum absolute atomic E-state index is 0.00628. The summed E-state index contributed by atoms with van der Waals surface area (Å²) in [7, 11) is 0. The summed E-state index contributed by atoms with van der Waals surface area (Å²) in [6.45, 7) is 1.73. The van der Waals surface area contributed by atoms with Gasteiger partial charge in [-0.25, -0.2) is 0 Å². The number of hydrogen-bond donors (Lipinski definition) is 2. The Bertz CT molecular complexity index is 905. The molecule has 0 aliphatic heterocycles. The molecule has 0 aliphatic carbocycles. The second kappa shape index (κ2) is 6.82. The second-order valence-electron chi connectivity index (χ2n) is 5.28. The summed E-state index contributed by atoms with van der Waals surface area (Å²) in [5.41, 5.74) is -0.578. The molecule has 1 aromatic carbocycles. The average molecular weight is 363 g/mol. The van der Waals surface area contributed by atoms with Crippen LogP contribution in [0.2, 0.25) is 0 Å². The molecule has 0 unspecified atom stereocenters. The predicted octanol–water partition coefficient (Wildman–Crippen LogP) is 3.79. The van der Waals surface area contributed by atoms with Crippen molar-refractivity contribution in [2.24, 2.45) is 0 Å². The Labute approximate surface area is 145 Å². The van der Waals surface area contributed by atoms with Crippen molar-refractivity contribution in [3.05, 3.63) is 59.5 Å². The van der Waals surface area contributed by atoms with Crippen LogP contribution in [0.25, 0.3) is 0 Å². The molecule has 0 fully saturated rings. The van der Waals surface area contributed by atoms with Crippen LogP contribution >= 0.6 is 0 Å². The number of hydrogen-bond acceptors (Lipinski definition) is 6. The van der Waals surface area contributed by atoms with Crippen molar-refractivity contribution in [3.63, 3.8) is 0 Å². The fourth-order valence-electron chi connectivity index (χ4n) is 2.01. The quantitative estimate of drug-likeness (QED) is 0.733. The Morgan fingerprint density at radius 1 is 1.04 bits per heavy atom. The molecule has 0 bridgehead atoms. The third-order valence-corrected chi connectivity index (χ3v) is 3.25. The number of carbonyl (C=O) groups excluding carboxylic acids is 1. The Morgan fingerprint density at radius 2 is 1.77 bits per heavy atom. The van der Waals surface area contributed by atoms with Gasteiger partial charge in [0.2, 0.25) is 0 Å². The molecular formula is C16H12F3N5O2. The molecule has 0 aliphatic rings. The standard InChI is InChI=1S/C16H12F3N5O2/c1-9-8-14(24-26-9)21-13-7-6-12(22-23-13)15(25)20-11-4-2-10(3-5-11)16(17,18)19/h2-8H,1H3,(H,20,25)(H,21,23,24). The van der Waals surface area contributed by atoms with Crippen LogP contribution in [0.1, 0.15) is 21.8 Å². The highest BCUT2D eigenvalue weighted by Gasteiger charge is 2.30. The number of nitrogens with one attached hydrogen (secondary N) is 2. The fourth-order valence-corrected chi connectivity index (χ4v) is 2.01. The highest BCUT2D eigenvalue weighted by Crippen LogP contribution is 2.29. The highest BCUT2D eigenvalue weighted by atomic mass is 19.4. The highest BCUT2D eigenvalue weighted by molar-refractivity contribution is 6.02. The fraction of sp³-hybridized carbons (Fsp3) is 0.125. The van der Waals surface area contributed by atoms with E-state index in [1.165, 1.54) is 12.1 Å². The Kier molecular flexibility index (Phi) is 4.57. The van der Waals surface area contributed by atoms with Gasteiger partial charge in [-0.2, -0.15) is 13.2 Å². The normalized spacial score (nSPS) is 11.2. The van der Waals surface area contributed by atoms with Crippen LogP contribution in [-0.2, 0) is 6.18 Å². The number of carbonyl (C=O) groups is 1. The number of amides is 1. The first-order chi connectivity index (χ1) is 12.3. The molecule has 3 aromatic rings. The van der Waals surface area contributed by atoms with Crippen molar-refractivity contribution in [3.8, 4) is 0 Å². The van der Waals surface area contributed by atoms with Gasteiger partial charge in [0, 0.05) is 11.8 Å². The monoisotopic (exact) mass is 363 g/mol. The van der Waals surface area contributed by atoms with E-state index < -0.39 is 17.6 Å². The lowest BCUT2D eigenvalue weighted by atomic mass is 10.2. The van der Waals surface area contributed by atoms with E-state index in [1.54, 1.807) is 13.0 Å². The number of anilines is 3. The first-order valence-corrected chi connectivity index (χ1v) is 7.34. The first-order valence-electron chi connectivity index (χ1n) is 7.34. The maximum atomic E-state index is 12.5. The maximum absolute atomic E-state index is 12.5. The third kappa shape index (κ3) is 4.15. The predicted molar refractivity (Wildman–Crippen MR) is 86.0 cm³/mol. The molecule has 0 atom stereocenters. The number of benzene rings is 1. The van der Waals surface area contributed by atoms with E-state index >= 15 is 0 Å². The van der Waals surface area contributed by atoms with Gasteiger partial charge in [0.05, 0.1) is 5.56 Å². The van der Waals surface area contributed by atoms with Gasteiger partial charge >= 0.3 is 6.18 Å². The van der Waals surface area contributed by atoms with Crippen molar-refractivity contribution in [2.75, 3.05) is 10.6 Å². The number of aromatic nitrogens is 3. The van der Waals surface area contributed by atoms with Crippen molar-refractivity contribution < 1.29 is 22.5 Å². The molecule has 7 nitrogen and oxygen atoms in total. The molecule has 0 radical (unpaired) electrons. The van der Waals surface area contributed by atoms with E-state index in [1.807, 2.05) is 0 Å². The van der Waals surface area contributed by atoms with Gasteiger partial charge in [-0.3, -0.25) is 4.79 Å². The summed E-state index contributed by atoms with van der Waals surface area (Å²) >= 11 is 0. The molecule has 2 heterocycles. The minimum Gasteiger partial charge on any atom is -0.360 e. The average Bonchev–Trinajstić information content (AvgIpc) is 3.00. The van der Waals surface area contributed by atoms with Crippen LogP contribution in [-0.4, -0.2) is 21.3 Å². The van der Waals surface area contributed by atoms with Crippen LogP contribution in [0.4, 0.5) is 30.5 Å². The van der Waals surface area contributed by atoms with Crippen LogP contribution in [0, 0.1) is 6.92 Å². The second-order valence-corrected chi connectivity index (χ2v) is 5.28. The summed E-state index contributed by atoms with van der Waals surface area (Å²) in [5.74, 6) is 0.817. The zero-order valence-electron chi connectivity index (χ0n) is 13.3. The Hall–Kier alpha value is -3.43. The summed E-state index contributed by atoms with van der Waals surface area (Å²) in [6, 6.07) is 8.68. The molecule has 3 rings (SSSR count). The Morgan fingerprint density at radius 3 is 2.31 bits per heavy atom. The van der Waals surface area contributed by atoms with Gasteiger partial charge in [0.25, 0.3) is 5.91 Å². The lowest BCUT2D eigenvalue weighted by Gasteiger charge is -2.08. The molecule has 0 spiro atoms. The molecule has 0 saturated heterocycles. The molecule has 2 N–H and O–H groups in total. The van der Waals surface area contributed by atoms with E-state index in [2.05, 4.69) is 26.0 Å². The first kappa shape index (κ1) is 17.4. The summed E-state index contributed by atoms with van der Waals surface area (Å²) < 4.78 is 42.5. The lowest BCUT2D eigenvalue weighted by molar-refractivity contribution is -0.137. The number of nitrogens with zero attached hydrogens (tertiary/aromatic N) is 3. The summed E-state index contributed by atoms with van der Waals surface area (Å²) in [6.07, 6.45) is -4.43. The van der Waals surface area contributed by atoms with Gasteiger partial charge < -0.3 is 15.2 Å². The summed E-state index contributed by atoms with van der Waals surface area (Å²) in [5, 5.41) is 16.6. The van der Waals surface area contributed by atoms with Gasteiger partial charge in [-0.15, -0.1) is 10.2 Å². The molecule has 134 valence electrons. The molecule has 1 amide bonds. The van der Waals surface area contributed by atoms with Crippen LogP contribution in [0.15, 0.2) is 47.0 Å². The number of alkyl halides is 3. The van der Waals surface area contributed by atoms with E-state index in [9.17, 15) is 18.0 Å². The lowest BCUT2D eigenvalue weighted by Crippen LogP contribution is -2.15. The van der Waals surface area contributed by atoms with E-state index in [0.717, 1.165) is 24.3 Å². The van der Waals surface area contributed by atoms with Crippen LogP contribution in [0.5, 0.6) is 0 Å². The van der Waals surface area contributed by atoms with Gasteiger partial charge in [-0.1, -0.05) is 5.16 Å². The topological polar surface area (TPSA) is 92.9 Å². The van der Waals surface area contributed by atoms with Gasteiger partial charge in [-0.05, 0) is 43.3 Å². The molecule has 0 saturated carbocycles. The number of halogens is 3. The molecule has 10 heteroatoms. The number of aryl methyl sites for hydroxylation is 1. The van der Waals surface area contributed by atoms with Crippen molar-refractivity contribution >= 4 is 23.2 Å². The van der Waals surface area contributed by atoms with E-state index in [4.69, 9.17) is 4.52 Å². The largest absolute Gasteiger partial charge is 0.416 e. The Balaban J connectivity index is 1.64. The molecular weight excluding hydrogens is 351 g/mol. The van der Waals surface area contributed by atoms with Gasteiger partial charge in [0.1, 0.15) is 5.76 Å². The SMILES string of the molecule is Cc1cc(Nc2ccc(C(=O)Nc3ccc(C(F)(F)F)cc3)nn2)no1. The minimum atomic E-state index is -4.43. The van der Waals surface area contributed by atoms with Crippen LogP contribution < -0.4 is 10.6 Å². The molecule has 26 heavy (non-hydrogen) atoms. The smallest absolute Gasteiger partial charge is 0.360 e. The summed E-state index contributed by atoms with van der Waals surface area (Å²) in [4.78, 5) is 12.1. The van der Waals surface area contributed by atoms with E-state index in [0.29, 0.717) is 17.4 Å². The zero-order valence-corrected chi connectivity index (χ0v) is 13.3. The maximum Gasteiger partial charge on any atom is 0.416 e. The van der Waals surface area contributed by atoms with Crippen molar-refractivity contribution in [2.45, 2.75) is 13.1 Å². The van der Waals surface area contributed by atoms with Crippen LogP contribution in [0.3, 0.4) is 0 Å². The van der Waals surface area contributed by atoms with Crippen molar-refractivity contribution in [1.29, 1.82) is 0 Å². The van der Waals surface area contributed by atoms with Gasteiger partial charge in [0.15, 0.2) is 17.3 Å². The zero-order chi connectivity index (χ0) is 18.7. The third-order valence-electron chi connectivity index (χ3n) is 3.25. The van der Waals surface area contributed by atoms with E-state index in [-0.39, 0.29) is 11.4 Å².